The van der Waals surface area contributed by atoms with Gasteiger partial charge in [0, 0.05) is 19.2 Å². The maximum absolute atomic E-state index is 5.83. The number of hydrogen-bond donors (Lipinski definition) is 0. The van der Waals surface area contributed by atoms with E-state index in [-0.39, 0.29) is 0 Å². The number of likely N-dealkylation sites (tertiary alicyclic amines) is 1. The lowest BCUT2D eigenvalue weighted by molar-refractivity contribution is 0.0516. The van der Waals surface area contributed by atoms with Crippen molar-refractivity contribution in [3.05, 3.63) is 35.9 Å². The third kappa shape index (κ3) is 3.58. The van der Waals surface area contributed by atoms with E-state index in [0.29, 0.717) is 6.10 Å². The van der Waals surface area contributed by atoms with Crippen LogP contribution in [0.4, 0.5) is 0 Å². The van der Waals surface area contributed by atoms with Crippen LogP contribution < -0.4 is 0 Å². The van der Waals surface area contributed by atoms with Gasteiger partial charge in [0.2, 0.25) is 0 Å². The number of rotatable bonds is 4. The third-order valence-corrected chi connectivity index (χ3v) is 4.54. The molecular weight excluding hydrogens is 234 g/mol. The molecule has 2 heteroatoms. The van der Waals surface area contributed by atoms with Gasteiger partial charge in [-0.05, 0) is 44.2 Å². The number of piperidine rings is 1. The van der Waals surface area contributed by atoms with Crippen molar-refractivity contribution in [3.63, 3.8) is 0 Å². The molecule has 0 aliphatic carbocycles. The summed E-state index contributed by atoms with van der Waals surface area (Å²) in [6.45, 7) is 3.35. The molecule has 0 radical (unpaired) electrons. The fourth-order valence-electron chi connectivity index (χ4n) is 3.49. The molecule has 3 rings (SSSR count). The van der Waals surface area contributed by atoms with Crippen LogP contribution in [0.25, 0.3) is 0 Å². The first-order valence-corrected chi connectivity index (χ1v) is 7.81. The Balaban J connectivity index is 1.60. The van der Waals surface area contributed by atoms with E-state index in [9.17, 15) is 0 Å². The van der Waals surface area contributed by atoms with E-state index in [2.05, 4.69) is 35.2 Å². The standard InChI is InChI=1S/C17H25NO/c1-2-7-15(8-3-1)14-18-11-5-4-9-16(18)13-17-10-6-12-19-17/h1-3,7-8,16-17H,4-6,9-14H2. The average molecular weight is 259 g/mol. The molecule has 0 N–H and O–H groups in total. The fraction of sp³-hybridized carbons (Fsp3) is 0.647. The lowest BCUT2D eigenvalue weighted by atomic mass is 9.95. The molecule has 19 heavy (non-hydrogen) atoms. The molecular formula is C17H25NO. The van der Waals surface area contributed by atoms with Gasteiger partial charge in [0.1, 0.15) is 0 Å². The Hall–Kier alpha value is -0.860. The summed E-state index contributed by atoms with van der Waals surface area (Å²) in [6.07, 6.45) is 8.41. The monoisotopic (exact) mass is 259 g/mol. The Bertz CT molecular complexity index is 372. The summed E-state index contributed by atoms with van der Waals surface area (Å²) in [5.74, 6) is 0. The lowest BCUT2D eigenvalue weighted by Crippen LogP contribution is -2.40. The molecule has 2 aliphatic heterocycles. The fourth-order valence-corrected chi connectivity index (χ4v) is 3.49. The number of ether oxygens (including phenoxy) is 1. The summed E-state index contributed by atoms with van der Waals surface area (Å²) in [5, 5.41) is 0. The van der Waals surface area contributed by atoms with Crippen molar-refractivity contribution >= 4 is 0 Å². The molecule has 2 atom stereocenters. The van der Waals surface area contributed by atoms with E-state index in [4.69, 9.17) is 4.74 Å². The Labute approximate surface area is 116 Å². The lowest BCUT2D eigenvalue weighted by Gasteiger charge is -2.37. The molecule has 0 amide bonds. The van der Waals surface area contributed by atoms with E-state index in [1.54, 1.807) is 0 Å². The molecule has 2 saturated heterocycles. The van der Waals surface area contributed by atoms with Gasteiger partial charge in [0.15, 0.2) is 0 Å². The predicted molar refractivity (Wildman–Crippen MR) is 78.1 cm³/mol. The molecule has 1 aromatic carbocycles. The first-order valence-electron chi connectivity index (χ1n) is 7.81. The van der Waals surface area contributed by atoms with Crippen LogP contribution in [0.5, 0.6) is 0 Å². The van der Waals surface area contributed by atoms with Crippen molar-refractivity contribution in [2.75, 3.05) is 13.2 Å². The minimum Gasteiger partial charge on any atom is -0.378 e. The predicted octanol–water partition coefficient (Wildman–Crippen LogP) is 3.61. The van der Waals surface area contributed by atoms with Crippen LogP contribution in [-0.4, -0.2) is 30.2 Å². The van der Waals surface area contributed by atoms with E-state index in [1.165, 1.54) is 50.6 Å². The number of hydrogen-bond acceptors (Lipinski definition) is 2. The number of benzene rings is 1. The zero-order valence-corrected chi connectivity index (χ0v) is 11.8. The SMILES string of the molecule is c1ccc(CN2CCCCC2CC2CCCO2)cc1. The van der Waals surface area contributed by atoms with Gasteiger partial charge in [0.25, 0.3) is 0 Å². The normalized spacial score (nSPS) is 28.6. The Morgan fingerprint density at radius 3 is 2.74 bits per heavy atom. The van der Waals surface area contributed by atoms with Gasteiger partial charge in [-0.15, -0.1) is 0 Å². The van der Waals surface area contributed by atoms with Crippen LogP contribution >= 0.6 is 0 Å². The summed E-state index contributed by atoms with van der Waals surface area (Å²) < 4.78 is 5.83. The first kappa shape index (κ1) is 13.1. The minimum absolute atomic E-state index is 0.529. The van der Waals surface area contributed by atoms with Crippen molar-refractivity contribution in [2.45, 2.75) is 57.2 Å². The largest absolute Gasteiger partial charge is 0.378 e. The molecule has 2 fully saturated rings. The second-order valence-corrected chi connectivity index (χ2v) is 5.98. The Kier molecular flexibility index (Phi) is 4.52. The first-order chi connectivity index (χ1) is 9.42. The summed E-state index contributed by atoms with van der Waals surface area (Å²) in [4.78, 5) is 2.68. The summed E-state index contributed by atoms with van der Waals surface area (Å²) in [5.41, 5.74) is 1.45. The van der Waals surface area contributed by atoms with Gasteiger partial charge < -0.3 is 4.74 Å². The highest BCUT2D eigenvalue weighted by Gasteiger charge is 2.27. The molecule has 2 aliphatic rings. The molecule has 104 valence electrons. The van der Waals surface area contributed by atoms with Gasteiger partial charge in [0.05, 0.1) is 6.10 Å². The van der Waals surface area contributed by atoms with Crippen molar-refractivity contribution in [1.82, 2.24) is 4.90 Å². The van der Waals surface area contributed by atoms with Crippen molar-refractivity contribution in [2.24, 2.45) is 0 Å². The highest BCUT2D eigenvalue weighted by Crippen LogP contribution is 2.26. The van der Waals surface area contributed by atoms with Gasteiger partial charge in [-0.3, -0.25) is 4.90 Å². The maximum Gasteiger partial charge on any atom is 0.0590 e. The molecule has 2 heterocycles. The van der Waals surface area contributed by atoms with Crippen LogP contribution in [0.1, 0.15) is 44.1 Å². The summed E-state index contributed by atoms with van der Waals surface area (Å²) >= 11 is 0. The van der Waals surface area contributed by atoms with Crippen LogP contribution in [0.15, 0.2) is 30.3 Å². The molecule has 0 bridgehead atoms. The summed E-state index contributed by atoms with van der Waals surface area (Å²) in [7, 11) is 0. The number of nitrogens with zero attached hydrogens (tertiary/aromatic N) is 1. The van der Waals surface area contributed by atoms with Crippen LogP contribution in [-0.2, 0) is 11.3 Å². The van der Waals surface area contributed by atoms with Gasteiger partial charge in [-0.1, -0.05) is 36.8 Å². The molecule has 0 saturated carbocycles. The van der Waals surface area contributed by atoms with Gasteiger partial charge in [-0.25, -0.2) is 0 Å². The highest BCUT2D eigenvalue weighted by atomic mass is 16.5. The van der Waals surface area contributed by atoms with Crippen LogP contribution in [0.3, 0.4) is 0 Å². The molecule has 2 nitrogen and oxygen atoms in total. The van der Waals surface area contributed by atoms with E-state index < -0.39 is 0 Å². The van der Waals surface area contributed by atoms with Crippen LogP contribution in [0, 0.1) is 0 Å². The molecule has 1 aromatic rings. The molecule has 0 aromatic heterocycles. The van der Waals surface area contributed by atoms with Crippen molar-refractivity contribution in [1.29, 1.82) is 0 Å². The van der Waals surface area contributed by atoms with Crippen molar-refractivity contribution < 1.29 is 4.74 Å². The van der Waals surface area contributed by atoms with Gasteiger partial charge in [-0.2, -0.15) is 0 Å². The van der Waals surface area contributed by atoms with E-state index in [0.717, 1.165) is 19.2 Å². The minimum atomic E-state index is 0.529. The summed E-state index contributed by atoms with van der Waals surface area (Å²) in [6, 6.07) is 11.6. The quantitative estimate of drug-likeness (QED) is 0.819. The smallest absolute Gasteiger partial charge is 0.0590 e. The molecule has 0 spiro atoms. The van der Waals surface area contributed by atoms with Crippen molar-refractivity contribution in [3.8, 4) is 0 Å². The third-order valence-electron chi connectivity index (χ3n) is 4.54. The van der Waals surface area contributed by atoms with Gasteiger partial charge >= 0.3 is 0 Å². The highest BCUT2D eigenvalue weighted by molar-refractivity contribution is 5.14. The topological polar surface area (TPSA) is 12.5 Å². The zero-order chi connectivity index (χ0) is 12.9. The molecule has 2 unspecified atom stereocenters. The van der Waals surface area contributed by atoms with E-state index >= 15 is 0 Å². The Morgan fingerprint density at radius 2 is 1.95 bits per heavy atom. The Morgan fingerprint density at radius 1 is 1.05 bits per heavy atom. The maximum atomic E-state index is 5.83. The second-order valence-electron chi connectivity index (χ2n) is 5.98. The zero-order valence-electron chi connectivity index (χ0n) is 11.8. The van der Waals surface area contributed by atoms with Crippen LogP contribution in [0.2, 0.25) is 0 Å². The average Bonchev–Trinajstić information content (AvgIpc) is 2.95. The second kappa shape index (κ2) is 6.53. The van der Waals surface area contributed by atoms with E-state index in [1.807, 2.05) is 0 Å².